The summed E-state index contributed by atoms with van der Waals surface area (Å²) in [6.45, 7) is 20.5. The lowest BCUT2D eigenvalue weighted by Gasteiger charge is -2.30. The van der Waals surface area contributed by atoms with Gasteiger partial charge >= 0.3 is 0 Å². The van der Waals surface area contributed by atoms with E-state index in [0.717, 1.165) is 0 Å². The van der Waals surface area contributed by atoms with Gasteiger partial charge in [-0.1, -0.05) is 108 Å². The van der Waals surface area contributed by atoms with Gasteiger partial charge in [-0.25, -0.2) is 0 Å². The molecule has 0 heteroatoms. The van der Waals surface area contributed by atoms with Crippen LogP contribution in [-0.4, -0.2) is 0 Å². The second kappa shape index (κ2) is 12.4. The van der Waals surface area contributed by atoms with Crippen molar-refractivity contribution in [2.24, 2.45) is 0 Å². The molecule has 16 rings (SSSR count). The van der Waals surface area contributed by atoms with E-state index >= 15 is 0 Å². The minimum Gasteiger partial charge on any atom is -0.0610 e. The monoisotopic (exact) mass is 876 g/mol. The second-order valence-electron chi connectivity index (χ2n) is 21.6. The van der Waals surface area contributed by atoms with Crippen LogP contribution >= 0.6 is 0 Å². The van der Waals surface area contributed by atoms with Gasteiger partial charge in [-0.3, -0.25) is 0 Å². The maximum atomic E-state index is 2.57. The van der Waals surface area contributed by atoms with Crippen molar-refractivity contribution >= 4 is 129 Å². The van der Waals surface area contributed by atoms with E-state index in [1.165, 1.54) is 213 Å². The Morgan fingerprint density at radius 3 is 0.551 bits per heavy atom. The third kappa shape index (κ3) is 4.44. The summed E-state index contributed by atoms with van der Waals surface area (Å²) < 4.78 is 0. The molecule has 69 heavy (non-hydrogen) atoms. The van der Waals surface area contributed by atoms with Crippen molar-refractivity contribution in [2.75, 3.05) is 0 Å². The molecule has 0 atom stereocenters. The van der Waals surface area contributed by atoms with Crippen LogP contribution in [-0.2, 0) is 0 Å². The molecule has 0 heterocycles. The van der Waals surface area contributed by atoms with Gasteiger partial charge in [-0.15, -0.1) is 0 Å². The SMILES string of the molecule is Cc1cc(C)c(-c2cc3c4cccc5c6cc(-c7c(C)cc(C)cc7C)cc7c8cccc9c%10cc(-c%11c(C)cc(C)cc%11C)cc%11c%12cccc%13c(c2)c3c2c(c45)c(c67)c(c89)c(c%11%10)c2c%13%12)c(C)c1. The molecule has 0 aliphatic heterocycles. The van der Waals surface area contributed by atoms with E-state index in [9.17, 15) is 0 Å². The topological polar surface area (TPSA) is 0 Å². The normalized spacial score (nSPS) is 13.0. The highest BCUT2D eigenvalue weighted by atomic mass is 14.3. The van der Waals surface area contributed by atoms with Crippen LogP contribution in [0.5, 0.6) is 0 Å². The summed E-state index contributed by atoms with van der Waals surface area (Å²) >= 11 is 0. The van der Waals surface area contributed by atoms with Gasteiger partial charge < -0.3 is 0 Å². The summed E-state index contributed by atoms with van der Waals surface area (Å²) in [6.07, 6.45) is 0. The number of hydrogen-bond acceptors (Lipinski definition) is 0. The van der Waals surface area contributed by atoms with E-state index < -0.39 is 0 Å². The van der Waals surface area contributed by atoms with Gasteiger partial charge in [0.05, 0.1) is 0 Å². The van der Waals surface area contributed by atoms with Crippen LogP contribution in [0.4, 0.5) is 0 Å². The van der Waals surface area contributed by atoms with Crippen molar-refractivity contribution in [1.82, 2.24) is 0 Å². The first-order chi connectivity index (χ1) is 33.4. The molecule has 0 aliphatic rings. The van der Waals surface area contributed by atoms with E-state index in [4.69, 9.17) is 0 Å². The summed E-state index contributed by atoms with van der Waals surface area (Å²) in [7, 11) is 0. The molecule has 0 nitrogen and oxygen atoms in total. The second-order valence-corrected chi connectivity index (χ2v) is 21.6. The lowest BCUT2D eigenvalue weighted by atomic mass is 9.72. The third-order valence-electron chi connectivity index (χ3n) is 17.2. The number of aryl methyl sites for hydroxylation is 9. The van der Waals surface area contributed by atoms with Gasteiger partial charge in [0, 0.05) is 0 Å². The highest BCUT2D eigenvalue weighted by Crippen LogP contribution is 2.61. The Kier molecular flexibility index (Phi) is 6.89. The molecule has 0 saturated carbocycles. The zero-order chi connectivity index (χ0) is 46.4. The van der Waals surface area contributed by atoms with Crippen LogP contribution < -0.4 is 0 Å². The van der Waals surface area contributed by atoms with Crippen molar-refractivity contribution in [3.8, 4) is 33.4 Å². The minimum absolute atomic E-state index is 1.30. The number of benzene rings is 16. The van der Waals surface area contributed by atoms with E-state index in [2.05, 4.69) is 190 Å². The lowest BCUT2D eigenvalue weighted by Crippen LogP contribution is -2.01. The van der Waals surface area contributed by atoms with E-state index in [1.807, 2.05) is 0 Å². The Balaban J connectivity index is 1.25. The molecule has 324 valence electrons. The number of fused-ring (bicyclic) bond motifs is 6. The van der Waals surface area contributed by atoms with Gasteiger partial charge in [0.15, 0.2) is 0 Å². The summed E-state index contributed by atoms with van der Waals surface area (Å²) in [4.78, 5) is 0. The third-order valence-corrected chi connectivity index (χ3v) is 17.2. The van der Waals surface area contributed by atoms with Gasteiger partial charge in [0.1, 0.15) is 0 Å². The van der Waals surface area contributed by atoms with Gasteiger partial charge in [0.2, 0.25) is 0 Å². The maximum absolute atomic E-state index is 2.57. The Hall–Kier alpha value is -7.80. The summed E-state index contributed by atoms with van der Waals surface area (Å²) in [5, 5.41) is 33.3. The molecule has 0 amide bonds. The zero-order valence-corrected chi connectivity index (χ0v) is 40.6. The van der Waals surface area contributed by atoms with Crippen LogP contribution in [0.15, 0.2) is 127 Å². The average molecular weight is 877 g/mol. The van der Waals surface area contributed by atoms with Crippen LogP contribution in [0.1, 0.15) is 50.1 Å². The molecule has 0 radical (unpaired) electrons. The van der Waals surface area contributed by atoms with E-state index in [1.54, 1.807) is 0 Å². The Bertz CT molecular complexity index is 4200. The zero-order valence-electron chi connectivity index (χ0n) is 40.6. The van der Waals surface area contributed by atoms with Crippen LogP contribution in [0.3, 0.4) is 0 Å². The van der Waals surface area contributed by atoms with Crippen molar-refractivity contribution in [3.63, 3.8) is 0 Å². The first kappa shape index (κ1) is 38.2. The molecule has 16 aromatic carbocycles. The Morgan fingerprint density at radius 2 is 0.362 bits per heavy atom. The standard InChI is InChI=1S/C69H48/c1-31-19-34(4)55(35(5)20-31)40-25-49-43-13-10-15-45-51-27-41(56-36(6)21-32(2)22-37(56)7)29-53-47-17-12-18-48-54-30-42(57-38(8)23-33(3)24-39(57)9)28-52-46-16-11-14-44-50(26-40)61(49)67-64(58(43)45)68(62(51)53)66(60(47)48)69(63(52)54)65(67)59(44)46/h10-30H,1-9H3. The fraction of sp³-hybridized carbons (Fsp3) is 0.130. The lowest BCUT2D eigenvalue weighted by molar-refractivity contribution is 1.32. The molecular weight excluding hydrogens is 829 g/mol. The quantitative estimate of drug-likeness (QED) is 0.123. The highest BCUT2D eigenvalue weighted by molar-refractivity contribution is 6.61. The largest absolute Gasteiger partial charge is 0.0610 e. The van der Waals surface area contributed by atoms with Crippen LogP contribution in [0.25, 0.3) is 163 Å². The van der Waals surface area contributed by atoms with E-state index in [-0.39, 0.29) is 0 Å². The van der Waals surface area contributed by atoms with Gasteiger partial charge in [-0.05, 0) is 295 Å². The van der Waals surface area contributed by atoms with Crippen molar-refractivity contribution in [1.29, 1.82) is 0 Å². The van der Waals surface area contributed by atoms with Crippen molar-refractivity contribution in [2.45, 2.75) is 62.3 Å². The minimum atomic E-state index is 1.30. The van der Waals surface area contributed by atoms with Crippen LogP contribution in [0, 0.1) is 62.3 Å². The molecule has 16 aromatic rings. The average Bonchev–Trinajstić information content (AvgIpc) is 3.31. The maximum Gasteiger partial charge on any atom is -0.0000469 e. The van der Waals surface area contributed by atoms with Crippen LogP contribution in [0.2, 0.25) is 0 Å². The molecule has 0 unspecified atom stereocenters. The van der Waals surface area contributed by atoms with E-state index in [0.29, 0.717) is 0 Å². The van der Waals surface area contributed by atoms with Crippen molar-refractivity contribution in [3.05, 3.63) is 177 Å². The number of hydrogen-bond donors (Lipinski definition) is 0. The molecule has 0 bridgehead atoms. The molecule has 0 fully saturated rings. The highest BCUT2D eigenvalue weighted by Gasteiger charge is 2.32. The molecule has 0 saturated heterocycles. The smallest absolute Gasteiger partial charge is 0.0000469 e. The Morgan fingerprint density at radius 1 is 0.188 bits per heavy atom. The summed E-state index contributed by atoms with van der Waals surface area (Å²) in [5.74, 6) is 0. The fourth-order valence-electron chi connectivity index (χ4n) is 15.4. The summed E-state index contributed by atoms with van der Waals surface area (Å²) in [5.41, 5.74) is 19.9. The molecule has 0 aliphatic carbocycles. The molecular formula is C69H48. The Labute approximate surface area is 400 Å². The first-order valence-corrected chi connectivity index (χ1v) is 24.9. The number of rotatable bonds is 3. The molecule has 0 spiro atoms. The molecule has 0 N–H and O–H groups in total. The summed E-state index contributed by atoms with van der Waals surface area (Å²) in [6, 6.07) is 51.3. The van der Waals surface area contributed by atoms with Gasteiger partial charge in [0.25, 0.3) is 0 Å². The predicted octanol–water partition coefficient (Wildman–Crippen LogP) is 19.9. The van der Waals surface area contributed by atoms with Crippen molar-refractivity contribution < 1.29 is 0 Å². The van der Waals surface area contributed by atoms with Gasteiger partial charge in [-0.2, -0.15) is 0 Å². The fourth-order valence-corrected chi connectivity index (χ4v) is 15.4. The molecule has 0 aromatic heterocycles. The first-order valence-electron chi connectivity index (χ1n) is 24.9. The predicted molar refractivity (Wildman–Crippen MR) is 303 cm³/mol.